The van der Waals surface area contributed by atoms with E-state index < -0.39 is 0 Å². The molecule has 0 atom stereocenters. The first-order valence-electron chi connectivity index (χ1n) is 9.69. The Labute approximate surface area is 175 Å². The molecule has 1 aliphatic rings. The molecule has 4 rings (SSSR count). The van der Waals surface area contributed by atoms with Gasteiger partial charge in [0, 0.05) is 37.9 Å². The van der Waals surface area contributed by atoms with Crippen molar-refractivity contribution < 1.29 is 14.3 Å². The highest BCUT2D eigenvalue weighted by Gasteiger charge is 2.24. The standard InChI is InChI=1S/C22H23N5O3/c1-29-19-7-6-16(14-20(19)30-2)17-4-3-5-18(25-17)22(28)27-12-10-26(11-13-27)21-8-9-23-15-24-21/h3-9,14-15H,10-13H2,1-2H3. The number of ether oxygens (including phenoxy) is 2. The van der Waals surface area contributed by atoms with E-state index >= 15 is 0 Å². The number of hydrogen-bond donors (Lipinski definition) is 0. The molecular formula is C22H23N5O3. The Morgan fingerprint density at radius 3 is 2.47 bits per heavy atom. The molecule has 154 valence electrons. The highest BCUT2D eigenvalue weighted by Crippen LogP contribution is 2.31. The monoisotopic (exact) mass is 405 g/mol. The molecule has 3 aromatic rings. The molecule has 1 saturated heterocycles. The number of methoxy groups -OCH3 is 2. The van der Waals surface area contributed by atoms with E-state index in [2.05, 4.69) is 19.9 Å². The van der Waals surface area contributed by atoms with Gasteiger partial charge in [-0.1, -0.05) is 6.07 Å². The summed E-state index contributed by atoms with van der Waals surface area (Å²) in [7, 11) is 3.19. The molecule has 3 heterocycles. The molecule has 2 aromatic heterocycles. The Balaban J connectivity index is 1.48. The lowest BCUT2D eigenvalue weighted by Gasteiger charge is -2.35. The molecule has 0 N–H and O–H groups in total. The number of rotatable bonds is 5. The molecule has 1 aliphatic heterocycles. The number of benzene rings is 1. The van der Waals surface area contributed by atoms with Gasteiger partial charge < -0.3 is 19.3 Å². The number of anilines is 1. The third-order valence-electron chi connectivity index (χ3n) is 5.10. The van der Waals surface area contributed by atoms with Crippen molar-refractivity contribution in [3.05, 3.63) is 60.7 Å². The quantitative estimate of drug-likeness (QED) is 0.645. The molecule has 0 unspecified atom stereocenters. The third kappa shape index (κ3) is 4.03. The van der Waals surface area contributed by atoms with Crippen molar-refractivity contribution in [1.82, 2.24) is 19.9 Å². The molecule has 1 amide bonds. The Morgan fingerprint density at radius 2 is 1.77 bits per heavy atom. The maximum absolute atomic E-state index is 13.0. The number of pyridine rings is 1. The minimum atomic E-state index is -0.0698. The van der Waals surface area contributed by atoms with Crippen LogP contribution in [0.4, 0.5) is 5.82 Å². The summed E-state index contributed by atoms with van der Waals surface area (Å²) in [6.45, 7) is 2.67. The van der Waals surface area contributed by atoms with Crippen molar-refractivity contribution in [2.24, 2.45) is 0 Å². The van der Waals surface area contributed by atoms with Crippen LogP contribution in [0.15, 0.2) is 55.0 Å². The molecule has 1 aromatic carbocycles. The van der Waals surface area contributed by atoms with Crippen LogP contribution < -0.4 is 14.4 Å². The average Bonchev–Trinajstić information content (AvgIpc) is 2.84. The number of nitrogens with zero attached hydrogens (tertiary/aromatic N) is 5. The molecule has 0 radical (unpaired) electrons. The first-order valence-corrected chi connectivity index (χ1v) is 9.69. The molecule has 0 aliphatic carbocycles. The lowest BCUT2D eigenvalue weighted by Crippen LogP contribution is -2.49. The normalized spacial score (nSPS) is 13.8. The summed E-state index contributed by atoms with van der Waals surface area (Å²) >= 11 is 0. The summed E-state index contributed by atoms with van der Waals surface area (Å²) in [5.74, 6) is 2.08. The van der Waals surface area contributed by atoms with E-state index in [1.165, 1.54) is 6.33 Å². The number of hydrogen-bond acceptors (Lipinski definition) is 7. The van der Waals surface area contributed by atoms with E-state index in [0.29, 0.717) is 36.0 Å². The van der Waals surface area contributed by atoms with Crippen LogP contribution in [0.25, 0.3) is 11.3 Å². The van der Waals surface area contributed by atoms with Gasteiger partial charge in [-0.15, -0.1) is 0 Å². The van der Waals surface area contributed by atoms with Gasteiger partial charge in [0.25, 0.3) is 5.91 Å². The third-order valence-corrected chi connectivity index (χ3v) is 5.10. The molecule has 1 fully saturated rings. The predicted molar refractivity (Wildman–Crippen MR) is 113 cm³/mol. The summed E-state index contributed by atoms with van der Waals surface area (Å²) in [5.41, 5.74) is 2.00. The zero-order chi connectivity index (χ0) is 20.9. The summed E-state index contributed by atoms with van der Waals surface area (Å²) in [4.78, 5) is 29.8. The fourth-order valence-corrected chi connectivity index (χ4v) is 3.48. The number of carbonyl (C=O) groups is 1. The first-order chi connectivity index (χ1) is 14.7. The highest BCUT2D eigenvalue weighted by atomic mass is 16.5. The fourth-order valence-electron chi connectivity index (χ4n) is 3.48. The minimum absolute atomic E-state index is 0.0698. The SMILES string of the molecule is COc1ccc(-c2cccc(C(=O)N3CCN(c4ccncn4)CC3)n2)cc1OC. The van der Waals surface area contributed by atoms with Crippen LogP contribution >= 0.6 is 0 Å². The van der Waals surface area contributed by atoms with Crippen LogP contribution in [-0.2, 0) is 0 Å². The van der Waals surface area contributed by atoms with Crippen LogP contribution in [0, 0.1) is 0 Å². The van der Waals surface area contributed by atoms with E-state index in [1.807, 2.05) is 41.3 Å². The van der Waals surface area contributed by atoms with E-state index in [-0.39, 0.29) is 5.91 Å². The predicted octanol–water partition coefficient (Wildman–Crippen LogP) is 2.52. The van der Waals surface area contributed by atoms with Crippen molar-refractivity contribution in [3.63, 3.8) is 0 Å². The zero-order valence-corrected chi connectivity index (χ0v) is 17.0. The smallest absolute Gasteiger partial charge is 0.272 e. The van der Waals surface area contributed by atoms with Gasteiger partial charge in [0.15, 0.2) is 11.5 Å². The number of carbonyl (C=O) groups excluding carboxylic acids is 1. The minimum Gasteiger partial charge on any atom is -0.493 e. The number of aromatic nitrogens is 3. The molecule has 0 spiro atoms. The van der Waals surface area contributed by atoms with Gasteiger partial charge in [0.1, 0.15) is 17.8 Å². The van der Waals surface area contributed by atoms with Crippen LogP contribution in [0.5, 0.6) is 11.5 Å². The van der Waals surface area contributed by atoms with E-state index in [0.717, 1.165) is 24.5 Å². The molecule has 0 bridgehead atoms. The van der Waals surface area contributed by atoms with Crippen molar-refractivity contribution in [1.29, 1.82) is 0 Å². The lowest BCUT2D eigenvalue weighted by molar-refractivity contribution is 0.0740. The fraction of sp³-hybridized carbons (Fsp3) is 0.273. The highest BCUT2D eigenvalue weighted by molar-refractivity contribution is 5.93. The van der Waals surface area contributed by atoms with Crippen LogP contribution in [0.1, 0.15) is 10.5 Å². The summed E-state index contributed by atoms with van der Waals surface area (Å²) in [6.07, 6.45) is 3.26. The molecule has 30 heavy (non-hydrogen) atoms. The van der Waals surface area contributed by atoms with Crippen molar-refractivity contribution in [3.8, 4) is 22.8 Å². The van der Waals surface area contributed by atoms with Gasteiger partial charge in [-0.3, -0.25) is 4.79 Å². The summed E-state index contributed by atoms with van der Waals surface area (Å²) in [6, 6.07) is 13.0. The Kier molecular flexibility index (Phi) is 5.74. The largest absolute Gasteiger partial charge is 0.493 e. The van der Waals surface area contributed by atoms with E-state index in [1.54, 1.807) is 26.5 Å². The Morgan fingerprint density at radius 1 is 0.967 bits per heavy atom. The van der Waals surface area contributed by atoms with Crippen LogP contribution in [0.3, 0.4) is 0 Å². The molecule has 0 saturated carbocycles. The van der Waals surface area contributed by atoms with Crippen LogP contribution in [-0.4, -0.2) is 66.2 Å². The van der Waals surface area contributed by atoms with Gasteiger partial charge in [0.2, 0.25) is 0 Å². The van der Waals surface area contributed by atoms with Crippen molar-refractivity contribution in [2.75, 3.05) is 45.3 Å². The maximum atomic E-state index is 13.0. The van der Waals surface area contributed by atoms with Crippen molar-refractivity contribution >= 4 is 11.7 Å². The van der Waals surface area contributed by atoms with Gasteiger partial charge in [-0.05, 0) is 36.4 Å². The Hall–Kier alpha value is -3.68. The first kappa shape index (κ1) is 19.6. The number of amides is 1. The lowest BCUT2D eigenvalue weighted by atomic mass is 10.1. The van der Waals surface area contributed by atoms with Gasteiger partial charge in [-0.25, -0.2) is 15.0 Å². The Bertz CT molecular complexity index is 1020. The van der Waals surface area contributed by atoms with E-state index in [9.17, 15) is 4.79 Å². The number of piperazine rings is 1. The second-order valence-electron chi connectivity index (χ2n) is 6.82. The zero-order valence-electron chi connectivity index (χ0n) is 17.0. The van der Waals surface area contributed by atoms with Crippen LogP contribution in [0.2, 0.25) is 0 Å². The van der Waals surface area contributed by atoms with Gasteiger partial charge in [-0.2, -0.15) is 0 Å². The summed E-state index contributed by atoms with van der Waals surface area (Å²) < 4.78 is 10.7. The van der Waals surface area contributed by atoms with E-state index in [4.69, 9.17) is 9.47 Å². The molecule has 8 heteroatoms. The maximum Gasteiger partial charge on any atom is 0.272 e. The average molecular weight is 405 g/mol. The summed E-state index contributed by atoms with van der Waals surface area (Å²) in [5, 5.41) is 0. The van der Waals surface area contributed by atoms with Crippen molar-refractivity contribution in [2.45, 2.75) is 0 Å². The second-order valence-corrected chi connectivity index (χ2v) is 6.82. The second kappa shape index (κ2) is 8.77. The van der Waals surface area contributed by atoms with Gasteiger partial charge >= 0.3 is 0 Å². The molecular weight excluding hydrogens is 382 g/mol. The molecule has 8 nitrogen and oxygen atoms in total. The topological polar surface area (TPSA) is 80.7 Å². The van der Waals surface area contributed by atoms with Gasteiger partial charge in [0.05, 0.1) is 19.9 Å².